The zero-order valence-corrected chi connectivity index (χ0v) is 50.0. The van der Waals surface area contributed by atoms with Crippen LogP contribution < -0.4 is 122 Å². The quantitative estimate of drug-likeness (QED) is 0.0308. The average molecular weight is 1170 g/mol. The predicted molar refractivity (Wildman–Crippen MR) is 241 cm³/mol. The zero-order valence-electron chi connectivity index (χ0n) is 38.3. The average Bonchev–Trinajstić information content (AvgIpc) is 3.90. The van der Waals surface area contributed by atoms with Crippen LogP contribution >= 0.6 is 70.5 Å². The van der Waals surface area contributed by atoms with Crippen LogP contribution in [0.2, 0.25) is 0 Å². The maximum Gasteiger partial charge on any atom is 1.00 e. The first-order chi connectivity index (χ1) is 28.5. The van der Waals surface area contributed by atoms with Crippen molar-refractivity contribution in [3.05, 3.63) is 45.7 Å². The molecule has 0 amide bonds. The summed E-state index contributed by atoms with van der Waals surface area (Å²) in [7, 11) is 5.30. The third-order valence-electron chi connectivity index (χ3n) is 8.29. The van der Waals surface area contributed by atoms with Crippen molar-refractivity contribution in [3.63, 3.8) is 0 Å². The molecule has 13 nitrogen and oxygen atoms in total. The molecule has 0 radical (unpaired) electrons. The van der Waals surface area contributed by atoms with Crippen LogP contribution in [0.5, 0.6) is 23.0 Å². The standard InChI is InChI=1S/C20H24BrFO5S.C15H15FO5S.C5H10Br2.CH2O3.2K.H/c1-11(19(24)26-5)6-13(23)16-7-12-15(28-16)8-14(25-4)18(17(12)22)27-10-20(2,3)9-21;1-7(15(19)21-3)4-9(17)12-5-8-11(22-12)6-10(20-2)14(18)13(8)16;1-5(2,3-6)4-7;2-1-4-3;;;/h7-8,11H,6,9-10H2,1-5H3;5-7,18H,4H2,1-3H3;3-4H2,1-2H3;1,3H;;;/q;;;;2*+1;-1/p-1/t11-;7-;;;;;/m00...../s1. The Bertz CT molecular complexity index is 2120. The van der Waals surface area contributed by atoms with Crippen LogP contribution in [0.3, 0.4) is 0 Å². The second kappa shape index (κ2) is 31.8. The van der Waals surface area contributed by atoms with E-state index in [0.29, 0.717) is 41.9 Å². The van der Waals surface area contributed by atoms with Crippen molar-refractivity contribution >= 4 is 121 Å². The number of alkyl halides is 3. The second-order valence-electron chi connectivity index (χ2n) is 14.8. The zero-order chi connectivity index (χ0) is 46.8. The summed E-state index contributed by atoms with van der Waals surface area (Å²) in [6.45, 7) is 11.7. The Morgan fingerprint density at radius 3 is 1.46 bits per heavy atom. The van der Waals surface area contributed by atoms with Crippen molar-refractivity contribution in [2.75, 3.05) is 51.0 Å². The summed E-state index contributed by atoms with van der Waals surface area (Å²) >= 11 is 12.5. The van der Waals surface area contributed by atoms with E-state index in [9.17, 15) is 28.7 Å². The van der Waals surface area contributed by atoms with Gasteiger partial charge in [0.15, 0.2) is 46.2 Å². The number of hydrogen-bond acceptors (Lipinski definition) is 15. The van der Waals surface area contributed by atoms with Gasteiger partial charge in [-0.05, 0) is 17.5 Å². The molecule has 2 heterocycles. The molecule has 22 heteroatoms. The van der Waals surface area contributed by atoms with Gasteiger partial charge in [0.2, 0.25) is 0 Å². The molecule has 0 aliphatic carbocycles. The van der Waals surface area contributed by atoms with Crippen LogP contribution in [-0.4, -0.2) is 86.1 Å². The Kier molecular flexibility index (Phi) is 32.8. The van der Waals surface area contributed by atoms with E-state index in [4.69, 9.17) is 24.3 Å². The Labute approximate surface area is 486 Å². The van der Waals surface area contributed by atoms with Crippen molar-refractivity contribution in [3.8, 4) is 23.0 Å². The molecule has 0 aliphatic rings. The van der Waals surface area contributed by atoms with E-state index in [1.54, 1.807) is 19.9 Å². The van der Waals surface area contributed by atoms with Gasteiger partial charge < -0.3 is 40.4 Å². The SMILES string of the molecule is CC(C)(CBr)CBr.COC(=O)[C@@H](C)CC(=O)c1cc2c(F)c(O)c(OC)cc2s1.COC(=O)[C@@H](C)CC(=O)c1cc2c(F)c(OCC(C)(C)CBr)c(OC)cc2s1.O=CO[O-].[H-].[K+].[K+]. The minimum atomic E-state index is -0.828. The molecule has 0 saturated heterocycles. The first kappa shape index (κ1) is 64.9. The third kappa shape index (κ3) is 20.5. The number of methoxy groups -OCH3 is 4. The third-order valence-corrected chi connectivity index (χ3v) is 15.1. The maximum atomic E-state index is 15.1. The van der Waals surface area contributed by atoms with E-state index < -0.39 is 41.2 Å². The van der Waals surface area contributed by atoms with Crippen molar-refractivity contribution in [2.45, 2.75) is 54.4 Å². The first-order valence-electron chi connectivity index (χ1n) is 18.1. The predicted octanol–water partition coefficient (Wildman–Crippen LogP) is 3.72. The molecule has 2 atom stereocenters. The number of aromatic hydroxyl groups is 1. The van der Waals surface area contributed by atoms with Gasteiger partial charge in [-0.1, -0.05) is 89.3 Å². The summed E-state index contributed by atoms with van der Waals surface area (Å²) in [5.74, 6) is -4.24. The number of Topliss-reactive ketones (excluding diaryl/α,β-unsaturated/α-hetero) is 2. The van der Waals surface area contributed by atoms with Crippen molar-refractivity contribution < 1.29 is 176 Å². The largest absolute Gasteiger partial charge is 1.00 e. The Hall–Kier alpha value is -0.157. The minimum absolute atomic E-state index is 0. The summed E-state index contributed by atoms with van der Waals surface area (Å²) in [5, 5.41) is 21.3. The van der Waals surface area contributed by atoms with Crippen LogP contribution in [0.15, 0.2) is 24.3 Å². The molecular formula is C41H51Br3F2K2O13S2. The summed E-state index contributed by atoms with van der Waals surface area (Å²) in [6, 6.07) is 6.02. The molecule has 4 aromatic rings. The van der Waals surface area contributed by atoms with Crippen molar-refractivity contribution in [2.24, 2.45) is 22.7 Å². The fourth-order valence-corrected chi connectivity index (χ4v) is 7.75. The Morgan fingerprint density at radius 2 is 1.13 bits per heavy atom. The molecule has 2 aromatic heterocycles. The number of ether oxygens (including phenoxy) is 5. The molecule has 4 rings (SSSR count). The van der Waals surface area contributed by atoms with Crippen LogP contribution in [0, 0.1) is 34.3 Å². The summed E-state index contributed by atoms with van der Waals surface area (Å²) in [4.78, 5) is 59.5. The van der Waals surface area contributed by atoms with E-state index in [1.807, 2.05) is 13.8 Å². The number of thiophene rings is 2. The molecule has 0 saturated carbocycles. The van der Waals surface area contributed by atoms with E-state index in [0.717, 1.165) is 33.3 Å². The molecule has 342 valence electrons. The molecule has 0 bridgehead atoms. The number of halogens is 5. The summed E-state index contributed by atoms with van der Waals surface area (Å²) in [5.41, 5.74) is 0.228. The number of ketones is 2. The van der Waals surface area contributed by atoms with E-state index in [-0.39, 0.29) is 163 Å². The molecule has 0 unspecified atom stereocenters. The molecular weight excluding hydrogens is 1120 g/mol. The van der Waals surface area contributed by atoms with Gasteiger partial charge in [-0.15, -0.1) is 22.7 Å². The Balaban J connectivity index is -0.000000920. The van der Waals surface area contributed by atoms with Gasteiger partial charge in [0.05, 0.1) is 56.6 Å². The summed E-state index contributed by atoms with van der Waals surface area (Å²) < 4.78 is 55.4. The van der Waals surface area contributed by atoms with Gasteiger partial charge in [-0.2, -0.15) is 0 Å². The number of esters is 2. The van der Waals surface area contributed by atoms with E-state index >= 15 is 4.39 Å². The Morgan fingerprint density at radius 1 is 0.746 bits per heavy atom. The van der Waals surface area contributed by atoms with Crippen molar-refractivity contribution in [1.82, 2.24) is 0 Å². The van der Waals surface area contributed by atoms with Gasteiger partial charge in [0, 0.05) is 66.6 Å². The minimum Gasteiger partial charge on any atom is -1.00 e. The van der Waals surface area contributed by atoms with Crippen molar-refractivity contribution in [1.29, 1.82) is 0 Å². The van der Waals surface area contributed by atoms with Crippen LogP contribution in [0.25, 0.3) is 20.2 Å². The topological polar surface area (TPSA) is 184 Å². The fourth-order valence-electron chi connectivity index (χ4n) is 4.59. The molecule has 63 heavy (non-hydrogen) atoms. The van der Waals surface area contributed by atoms with Gasteiger partial charge in [0.1, 0.15) is 0 Å². The molecule has 0 aliphatic heterocycles. The fraction of sp³-hybridized carbons (Fsp3) is 0.488. The van der Waals surface area contributed by atoms with E-state index in [2.05, 4.69) is 76.0 Å². The monoisotopic (exact) mass is 1170 g/mol. The number of phenolic OH excluding ortho intramolecular Hbond substituents is 1. The number of fused-ring (bicyclic) bond motifs is 2. The summed E-state index contributed by atoms with van der Waals surface area (Å²) in [6.07, 6.45) is -0.0225. The molecule has 0 spiro atoms. The molecule has 0 fully saturated rings. The van der Waals surface area contributed by atoms with Gasteiger partial charge in [-0.25, -0.2) is 8.78 Å². The van der Waals surface area contributed by atoms with E-state index in [1.165, 1.54) is 46.6 Å². The molecule has 1 N–H and O–H groups in total. The van der Waals surface area contributed by atoms with Gasteiger partial charge >= 0.3 is 115 Å². The van der Waals surface area contributed by atoms with Gasteiger partial charge in [0.25, 0.3) is 6.47 Å². The normalized spacial score (nSPS) is 11.6. The smallest absolute Gasteiger partial charge is 1.00 e. The number of phenols is 1. The number of carbonyl (C=O) groups excluding carboxylic acids is 5. The second-order valence-corrected chi connectivity index (χ2v) is 18.7. The van der Waals surface area contributed by atoms with Gasteiger partial charge in [-0.3, -0.25) is 24.0 Å². The molecule has 2 aromatic carbocycles. The van der Waals surface area contributed by atoms with Crippen LogP contribution in [0.1, 0.15) is 75.2 Å². The van der Waals surface area contributed by atoms with Crippen LogP contribution in [0.4, 0.5) is 8.78 Å². The van der Waals surface area contributed by atoms with Crippen LogP contribution in [-0.2, 0) is 28.7 Å². The number of rotatable bonds is 17. The number of hydrogen-bond donors (Lipinski definition) is 1. The number of carbonyl (C=O) groups is 5. The maximum absolute atomic E-state index is 15.1. The first-order valence-corrected chi connectivity index (χ1v) is 23.1. The number of benzene rings is 2.